The fraction of sp³-hybridized carbons (Fsp3) is 0.0833. The highest BCUT2D eigenvalue weighted by Crippen LogP contribution is 2.33. The van der Waals surface area contributed by atoms with Crippen molar-refractivity contribution in [2.45, 2.75) is 6.92 Å². The number of carbonyl (C=O) groups is 1. The molecular formula is C12H8Cl2OS. The van der Waals surface area contributed by atoms with Gasteiger partial charge in [-0.3, -0.25) is 4.79 Å². The van der Waals surface area contributed by atoms with Crippen LogP contribution in [0.4, 0.5) is 0 Å². The van der Waals surface area contributed by atoms with E-state index in [1.165, 1.54) is 11.3 Å². The highest BCUT2D eigenvalue weighted by Gasteiger charge is 2.15. The summed E-state index contributed by atoms with van der Waals surface area (Å²) in [6, 6.07) is 7.38. The molecule has 0 aliphatic rings. The third-order valence-corrected chi connectivity index (χ3v) is 3.69. The van der Waals surface area contributed by atoms with Crippen molar-refractivity contribution in [1.29, 1.82) is 0 Å². The van der Waals surface area contributed by atoms with Crippen LogP contribution in [0.5, 0.6) is 0 Å². The van der Waals surface area contributed by atoms with Gasteiger partial charge in [0.1, 0.15) is 0 Å². The highest BCUT2D eigenvalue weighted by atomic mass is 35.5. The second-order valence-corrected chi connectivity index (χ2v) is 5.22. The fourth-order valence-electron chi connectivity index (χ4n) is 1.57. The Morgan fingerprint density at radius 2 is 1.88 bits per heavy atom. The van der Waals surface area contributed by atoms with Gasteiger partial charge in [0.25, 0.3) is 5.24 Å². The standard InChI is InChI=1S/C12H8Cl2OS/c1-7-11(10(6-16-7)12(14)15)8-2-4-9(13)5-3-8/h2-6H,1H3. The van der Waals surface area contributed by atoms with E-state index in [-0.39, 0.29) is 0 Å². The molecule has 0 amide bonds. The molecule has 0 aliphatic carbocycles. The average Bonchev–Trinajstić information content (AvgIpc) is 2.62. The number of aryl methyl sites for hydroxylation is 1. The van der Waals surface area contributed by atoms with E-state index in [0.717, 1.165) is 16.0 Å². The van der Waals surface area contributed by atoms with E-state index in [9.17, 15) is 4.79 Å². The van der Waals surface area contributed by atoms with Gasteiger partial charge in [-0.15, -0.1) is 11.3 Å². The summed E-state index contributed by atoms with van der Waals surface area (Å²) in [5.41, 5.74) is 2.43. The summed E-state index contributed by atoms with van der Waals surface area (Å²) in [6.45, 7) is 1.97. The Hall–Kier alpha value is -0.830. The normalized spacial score (nSPS) is 10.4. The molecule has 0 fully saturated rings. The SMILES string of the molecule is Cc1scc(C(=O)Cl)c1-c1ccc(Cl)cc1. The number of hydrogen-bond donors (Lipinski definition) is 0. The molecule has 4 heteroatoms. The minimum atomic E-state index is -0.422. The number of thiophene rings is 1. The first kappa shape index (κ1) is 11.6. The molecule has 0 saturated heterocycles. The summed E-state index contributed by atoms with van der Waals surface area (Å²) in [7, 11) is 0. The van der Waals surface area contributed by atoms with E-state index in [4.69, 9.17) is 23.2 Å². The lowest BCUT2D eigenvalue weighted by Gasteiger charge is -2.03. The third kappa shape index (κ3) is 2.14. The predicted octanol–water partition coefficient (Wildman–Crippen LogP) is 4.76. The molecular weight excluding hydrogens is 263 g/mol. The average molecular weight is 271 g/mol. The summed E-state index contributed by atoms with van der Waals surface area (Å²) in [4.78, 5) is 12.3. The van der Waals surface area contributed by atoms with Gasteiger partial charge in [-0.25, -0.2) is 0 Å². The van der Waals surface area contributed by atoms with Gasteiger partial charge < -0.3 is 0 Å². The molecule has 16 heavy (non-hydrogen) atoms. The molecule has 0 saturated carbocycles. The lowest BCUT2D eigenvalue weighted by molar-refractivity contribution is 0.108. The largest absolute Gasteiger partial charge is 0.276 e. The minimum Gasteiger partial charge on any atom is -0.276 e. The van der Waals surface area contributed by atoms with Crippen LogP contribution < -0.4 is 0 Å². The third-order valence-electron chi connectivity index (χ3n) is 2.32. The molecule has 1 aromatic carbocycles. The van der Waals surface area contributed by atoms with Crippen molar-refractivity contribution in [2.24, 2.45) is 0 Å². The molecule has 0 N–H and O–H groups in total. The second-order valence-electron chi connectivity index (χ2n) is 3.36. The van der Waals surface area contributed by atoms with Crippen LogP contribution in [0.1, 0.15) is 15.2 Å². The van der Waals surface area contributed by atoms with Crippen LogP contribution >= 0.6 is 34.5 Å². The maximum atomic E-state index is 11.3. The first-order valence-electron chi connectivity index (χ1n) is 4.63. The molecule has 1 heterocycles. The van der Waals surface area contributed by atoms with Gasteiger partial charge in [0.05, 0.1) is 5.56 Å². The quantitative estimate of drug-likeness (QED) is 0.720. The van der Waals surface area contributed by atoms with Crippen molar-refractivity contribution in [1.82, 2.24) is 0 Å². The Morgan fingerprint density at radius 3 is 2.44 bits per heavy atom. The van der Waals surface area contributed by atoms with E-state index >= 15 is 0 Å². The van der Waals surface area contributed by atoms with Crippen LogP contribution in [0.25, 0.3) is 11.1 Å². The summed E-state index contributed by atoms with van der Waals surface area (Å²) in [5, 5.41) is 2.04. The van der Waals surface area contributed by atoms with E-state index < -0.39 is 5.24 Å². The lowest BCUT2D eigenvalue weighted by atomic mass is 10.0. The smallest absolute Gasteiger partial charge is 0.253 e. The van der Waals surface area contributed by atoms with Gasteiger partial charge >= 0.3 is 0 Å². The number of hydrogen-bond acceptors (Lipinski definition) is 2. The monoisotopic (exact) mass is 270 g/mol. The van der Waals surface area contributed by atoms with Crippen molar-refractivity contribution in [3.63, 3.8) is 0 Å². The molecule has 0 bridgehead atoms. The number of benzene rings is 1. The van der Waals surface area contributed by atoms with Gasteiger partial charge in [-0.2, -0.15) is 0 Å². The van der Waals surface area contributed by atoms with Gasteiger partial charge in [0.15, 0.2) is 0 Å². The molecule has 2 aromatic rings. The first-order chi connectivity index (χ1) is 7.59. The van der Waals surface area contributed by atoms with Crippen molar-refractivity contribution in [2.75, 3.05) is 0 Å². The molecule has 1 nitrogen and oxygen atoms in total. The van der Waals surface area contributed by atoms with E-state index in [1.807, 2.05) is 19.1 Å². The zero-order valence-electron chi connectivity index (χ0n) is 8.46. The molecule has 0 unspecified atom stereocenters. The Bertz CT molecular complexity index is 528. The molecule has 2 rings (SSSR count). The molecule has 82 valence electrons. The van der Waals surface area contributed by atoms with Crippen LogP contribution in [-0.2, 0) is 0 Å². The highest BCUT2D eigenvalue weighted by molar-refractivity contribution is 7.11. The molecule has 0 spiro atoms. The molecule has 0 radical (unpaired) electrons. The van der Waals surface area contributed by atoms with Crippen molar-refractivity contribution >= 4 is 39.8 Å². The maximum Gasteiger partial charge on any atom is 0.253 e. The van der Waals surface area contributed by atoms with Gasteiger partial charge in [0.2, 0.25) is 0 Å². The van der Waals surface area contributed by atoms with Crippen LogP contribution in [0.3, 0.4) is 0 Å². The van der Waals surface area contributed by atoms with Crippen molar-refractivity contribution in [3.05, 3.63) is 45.1 Å². The fourth-order valence-corrected chi connectivity index (χ4v) is 2.78. The van der Waals surface area contributed by atoms with Crippen LogP contribution in [0, 0.1) is 6.92 Å². The Balaban J connectivity index is 2.58. The molecule has 0 atom stereocenters. The summed E-state index contributed by atoms with van der Waals surface area (Å²) >= 11 is 12.9. The van der Waals surface area contributed by atoms with Gasteiger partial charge in [0, 0.05) is 20.8 Å². The van der Waals surface area contributed by atoms with Crippen LogP contribution in [0.2, 0.25) is 5.02 Å². The van der Waals surface area contributed by atoms with E-state index in [0.29, 0.717) is 10.6 Å². The van der Waals surface area contributed by atoms with Crippen molar-refractivity contribution < 1.29 is 4.79 Å². The first-order valence-corrected chi connectivity index (χ1v) is 6.27. The van der Waals surface area contributed by atoms with Gasteiger partial charge in [-0.1, -0.05) is 23.7 Å². The van der Waals surface area contributed by atoms with Crippen LogP contribution in [0.15, 0.2) is 29.6 Å². The van der Waals surface area contributed by atoms with Gasteiger partial charge in [-0.05, 0) is 36.2 Å². The maximum absolute atomic E-state index is 11.3. The Labute approximate surface area is 108 Å². The zero-order valence-corrected chi connectivity index (χ0v) is 10.8. The van der Waals surface area contributed by atoms with E-state index in [1.54, 1.807) is 17.5 Å². The number of halogens is 2. The number of carbonyl (C=O) groups excluding carboxylic acids is 1. The molecule has 0 aliphatic heterocycles. The lowest BCUT2D eigenvalue weighted by Crippen LogP contribution is -1.90. The summed E-state index contributed by atoms with van der Waals surface area (Å²) in [5.74, 6) is 0. The summed E-state index contributed by atoms with van der Waals surface area (Å²) in [6.07, 6.45) is 0. The zero-order chi connectivity index (χ0) is 11.7. The van der Waals surface area contributed by atoms with E-state index in [2.05, 4.69) is 0 Å². The minimum absolute atomic E-state index is 0.422. The topological polar surface area (TPSA) is 17.1 Å². The predicted molar refractivity (Wildman–Crippen MR) is 69.7 cm³/mol. The Morgan fingerprint density at radius 1 is 1.25 bits per heavy atom. The second kappa shape index (κ2) is 4.58. The summed E-state index contributed by atoms with van der Waals surface area (Å²) < 4.78 is 0. The Kier molecular flexibility index (Phi) is 3.33. The number of rotatable bonds is 2. The van der Waals surface area contributed by atoms with Crippen LogP contribution in [-0.4, -0.2) is 5.24 Å². The molecule has 1 aromatic heterocycles. The van der Waals surface area contributed by atoms with Crippen molar-refractivity contribution in [3.8, 4) is 11.1 Å².